The second-order valence-electron chi connectivity index (χ2n) is 5.33. The van der Waals surface area contributed by atoms with Crippen molar-refractivity contribution in [3.8, 4) is 0 Å². The van der Waals surface area contributed by atoms with E-state index in [2.05, 4.69) is 21.0 Å². The maximum Gasteiger partial charge on any atom is 0.189 e. The Bertz CT molecular complexity index is 429. The van der Waals surface area contributed by atoms with Gasteiger partial charge in [-0.15, -0.1) is 0 Å². The Balaban J connectivity index is 3.26. The van der Waals surface area contributed by atoms with Crippen LogP contribution in [-0.4, -0.2) is 21.1 Å². The summed E-state index contributed by atoms with van der Waals surface area (Å²) in [6.45, 7) is 10.1. The van der Waals surface area contributed by atoms with Gasteiger partial charge in [-0.2, -0.15) is 5.10 Å². The van der Waals surface area contributed by atoms with Gasteiger partial charge in [0, 0.05) is 17.5 Å². The molecule has 0 bridgehead atoms. The molecule has 0 atom stereocenters. The van der Waals surface area contributed by atoms with Crippen LogP contribution in [0.2, 0.25) is 0 Å². The quantitative estimate of drug-likeness (QED) is 0.870. The van der Waals surface area contributed by atoms with E-state index >= 15 is 0 Å². The number of aryl methyl sites for hydroxylation is 1. The summed E-state index contributed by atoms with van der Waals surface area (Å²) in [5.41, 5.74) is 5.45. The first-order valence-corrected chi connectivity index (χ1v) is 6.47. The van der Waals surface area contributed by atoms with Crippen LogP contribution in [0.4, 0.5) is 0 Å². The zero-order chi connectivity index (χ0) is 13.4. The van der Waals surface area contributed by atoms with Gasteiger partial charge >= 0.3 is 0 Å². The monoisotopic (exact) mass is 301 g/mol. The lowest BCUT2D eigenvalue weighted by Crippen LogP contribution is -2.52. The maximum atomic E-state index is 12.6. The Morgan fingerprint density at radius 1 is 1.47 bits per heavy atom. The van der Waals surface area contributed by atoms with Crippen LogP contribution in [0.15, 0.2) is 10.7 Å². The van der Waals surface area contributed by atoms with Gasteiger partial charge in [0.25, 0.3) is 0 Å². The molecule has 1 aromatic heterocycles. The molecule has 1 rings (SSSR count). The van der Waals surface area contributed by atoms with E-state index in [4.69, 9.17) is 5.73 Å². The topological polar surface area (TPSA) is 60.9 Å². The summed E-state index contributed by atoms with van der Waals surface area (Å²) in [5, 5.41) is 4.16. The molecular formula is C12H20BrN3O. The third-order valence-corrected chi connectivity index (χ3v) is 4.07. The summed E-state index contributed by atoms with van der Waals surface area (Å²) >= 11 is 3.37. The van der Waals surface area contributed by atoms with Gasteiger partial charge in [0.2, 0.25) is 0 Å². The van der Waals surface area contributed by atoms with Crippen molar-refractivity contribution in [3.63, 3.8) is 0 Å². The molecule has 0 fully saturated rings. The summed E-state index contributed by atoms with van der Waals surface area (Å²) in [6, 6.07) is 0. The molecule has 1 heterocycles. The van der Waals surface area contributed by atoms with Crippen LogP contribution in [0.25, 0.3) is 0 Å². The zero-order valence-corrected chi connectivity index (χ0v) is 12.6. The van der Waals surface area contributed by atoms with Crippen LogP contribution >= 0.6 is 15.9 Å². The fourth-order valence-electron chi connectivity index (χ4n) is 1.42. The van der Waals surface area contributed by atoms with Crippen LogP contribution in [0.3, 0.4) is 0 Å². The van der Waals surface area contributed by atoms with Gasteiger partial charge in [-0.1, -0.05) is 13.8 Å². The smallest absolute Gasteiger partial charge is 0.189 e. The van der Waals surface area contributed by atoms with Gasteiger partial charge in [-0.3, -0.25) is 9.48 Å². The largest absolute Gasteiger partial charge is 0.325 e. The van der Waals surface area contributed by atoms with Crippen LogP contribution in [0, 0.1) is 5.41 Å². The van der Waals surface area contributed by atoms with Crippen molar-refractivity contribution >= 4 is 21.7 Å². The van der Waals surface area contributed by atoms with E-state index in [9.17, 15) is 4.79 Å². The highest BCUT2D eigenvalue weighted by atomic mass is 79.9. The molecule has 0 aliphatic carbocycles. The predicted octanol–water partition coefficient (Wildman–Crippen LogP) is 2.61. The molecule has 17 heavy (non-hydrogen) atoms. The van der Waals surface area contributed by atoms with Crippen LogP contribution in [-0.2, 0) is 6.54 Å². The number of hydrogen-bond acceptors (Lipinski definition) is 3. The van der Waals surface area contributed by atoms with Crippen molar-refractivity contribution in [3.05, 3.63) is 16.4 Å². The van der Waals surface area contributed by atoms with Crippen molar-refractivity contribution in [2.24, 2.45) is 11.1 Å². The second-order valence-corrected chi connectivity index (χ2v) is 6.19. The highest BCUT2D eigenvalue weighted by Gasteiger charge is 2.42. The van der Waals surface area contributed by atoms with Gasteiger partial charge in [-0.05, 0) is 36.7 Å². The van der Waals surface area contributed by atoms with Gasteiger partial charge < -0.3 is 5.73 Å². The molecule has 0 amide bonds. The zero-order valence-electron chi connectivity index (χ0n) is 11.0. The SMILES string of the molecule is CCn1ncc(Br)c1C(=O)C(C)(C)C(C)(C)N. The minimum atomic E-state index is -0.650. The summed E-state index contributed by atoms with van der Waals surface area (Å²) in [6.07, 6.45) is 1.65. The first-order valence-electron chi connectivity index (χ1n) is 5.68. The Hall–Kier alpha value is -0.680. The number of hydrogen-bond donors (Lipinski definition) is 1. The van der Waals surface area contributed by atoms with E-state index in [1.54, 1.807) is 10.9 Å². The molecule has 5 heteroatoms. The molecule has 0 unspecified atom stereocenters. The van der Waals surface area contributed by atoms with E-state index in [1.165, 1.54) is 0 Å². The number of carbonyl (C=O) groups is 1. The van der Waals surface area contributed by atoms with Crippen molar-refractivity contribution in [2.75, 3.05) is 0 Å². The summed E-state index contributed by atoms with van der Waals surface area (Å²) in [7, 11) is 0. The Labute approximate surface area is 111 Å². The van der Waals surface area contributed by atoms with Crippen molar-refractivity contribution < 1.29 is 4.79 Å². The van der Waals surface area contributed by atoms with Gasteiger partial charge in [-0.25, -0.2) is 0 Å². The fraction of sp³-hybridized carbons (Fsp3) is 0.667. The normalized spacial score (nSPS) is 12.9. The molecule has 0 aliphatic rings. The fourth-order valence-corrected chi connectivity index (χ4v) is 1.89. The minimum absolute atomic E-state index is 0.0104. The number of nitrogens with zero attached hydrogens (tertiary/aromatic N) is 2. The van der Waals surface area contributed by atoms with E-state index < -0.39 is 11.0 Å². The van der Waals surface area contributed by atoms with Crippen LogP contribution in [0.5, 0.6) is 0 Å². The van der Waals surface area contributed by atoms with Gasteiger partial charge in [0.05, 0.1) is 10.7 Å². The average molecular weight is 302 g/mol. The standard InChI is InChI=1S/C12H20BrN3O/c1-6-16-9(8(13)7-15-16)10(17)11(2,3)12(4,5)14/h7H,6,14H2,1-5H3. The molecule has 0 spiro atoms. The predicted molar refractivity (Wildman–Crippen MR) is 72.0 cm³/mol. The van der Waals surface area contributed by atoms with Crippen LogP contribution < -0.4 is 5.73 Å². The number of Topliss-reactive ketones (excluding diaryl/α,β-unsaturated/α-hetero) is 1. The highest BCUT2D eigenvalue weighted by Crippen LogP contribution is 2.34. The third-order valence-electron chi connectivity index (χ3n) is 3.49. The molecule has 0 radical (unpaired) electrons. The third kappa shape index (κ3) is 2.45. The van der Waals surface area contributed by atoms with E-state index in [0.29, 0.717) is 12.2 Å². The summed E-state index contributed by atoms with van der Waals surface area (Å²) in [4.78, 5) is 12.6. The number of rotatable bonds is 4. The minimum Gasteiger partial charge on any atom is -0.325 e. The highest BCUT2D eigenvalue weighted by molar-refractivity contribution is 9.10. The number of aromatic nitrogens is 2. The van der Waals surface area contributed by atoms with Crippen molar-refractivity contribution in [2.45, 2.75) is 46.7 Å². The molecule has 0 saturated heterocycles. The summed E-state index contributed by atoms with van der Waals surface area (Å²) < 4.78 is 2.42. The molecule has 0 saturated carbocycles. The lowest BCUT2D eigenvalue weighted by Gasteiger charge is -2.37. The summed E-state index contributed by atoms with van der Waals surface area (Å²) in [5.74, 6) is 0.0104. The van der Waals surface area contributed by atoms with Gasteiger partial charge in [0.1, 0.15) is 5.69 Å². The molecule has 1 aromatic rings. The lowest BCUT2D eigenvalue weighted by atomic mass is 9.71. The van der Waals surface area contributed by atoms with Crippen molar-refractivity contribution in [1.82, 2.24) is 9.78 Å². The first kappa shape index (κ1) is 14.4. The maximum absolute atomic E-state index is 12.6. The lowest BCUT2D eigenvalue weighted by molar-refractivity contribution is 0.0722. The number of nitrogens with two attached hydrogens (primary N) is 1. The molecule has 0 aliphatic heterocycles. The molecule has 2 N–H and O–H groups in total. The Morgan fingerprint density at radius 3 is 2.41 bits per heavy atom. The molecule has 4 nitrogen and oxygen atoms in total. The van der Waals surface area contributed by atoms with Crippen molar-refractivity contribution in [1.29, 1.82) is 0 Å². The Morgan fingerprint density at radius 2 is 2.00 bits per heavy atom. The van der Waals surface area contributed by atoms with Gasteiger partial charge in [0.15, 0.2) is 5.78 Å². The van der Waals surface area contributed by atoms with E-state index in [1.807, 2.05) is 34.6 Å². The van der Waals surface area contributed by atoms with E-state index in [-0.39, 0.29) is 5.78 Å². The molecule has 96 valence electrons. The number of carbonyl (C=O) groups excluding carboxylic acids is 1. The molecular weight excluding hydrogens is 282 g/mol. The second kappa shape index (κ2) is 4.53. The number of halogens is 1. The number of ketones is 1. The average Bonchev–Trinajstić information content (AvgIpc) is 2.56. The van der Waals surface area contributed by atoms with Crippen LogP contribution in [0.1, 0.15) is 45.1 Å². The van der Waals surface area contributed by atoms with E-state index in [0.717, 1.165) is 4.47 Å². The Kier molecular flexibility index (Phi) is 3.84. The molecule has 0 aromatic carbocycles. The first-order chi connectivity index (χ1) is 7.63.